The molecule has 0 atom stereocenters. The number of ether oxygens (including phenoxy) is 1. The van der Waals surface area contributed by atoms with Crippen LogP contribution in [0.4, 0.5) is 10.1 Å². The molecule has 0 heterocycles. The summed E-state index contributed by atoms with van der Waals surface area (Å²) in [5.41, 5.74) is 1.72. The summed E-state index contributed by atoms with van der Waals surface area (Å²) in [7, 11) is 0. The molecule has 0 aliphatic carbocycles. The minimum atomic E-state index is -0.422. The average molecular weight is 284 g/mol. The maximum Gasteiger partial charge on any atom is 0.147 e. The highest BCUT2D eigenvalue weighted by Gasteiger charge is 2.03. The van der Waals surface area contributed by atoms with Gasteiger partial charge in [0.05, 0.1) is 23.4 Å². The van der Waals surface area contributed by atoms with Crippen molar-refractivity contribution in [2.24, 2.45) is 0 Å². The van der Waals surface area contributed by atoms with E-state index >= 15 is 0 Å². The van der Waals surface area contributed by atoms with Crippen LogP contribution in [-0.2, 0) is 6.54 Å². The fourth-order valence-electron chi connectivity index (χ4n) is 1.88. The number of nitrogens with one attached hydrogen (secondary N) is 1. The lowest BCUT2D eigenvalue weighted by Gasteiger charge is -2.11. The lowest BCUT2D eigenvalue weighted by Crippen LogP contribution is -2.06. The van der Waals surface area contributed by atoms with E-state index in [0.717, 1.165) is 11.3 Å². The largest absolute Gasteiger partial charge is 0.491 e. The molecule has 0 bridgehead atoms. The Morgan fingerprint density at radius 3 is 2.48 bits per heavy atom. The van der Waals surface area contributed by atoms with Crippen molar-refractivity contribution in [1.82, 2.24) is 0 Å². The van der Waals surface area contributed by atoms with E-state index in [4.69, 9.17) is 10.00 Å². The second-order valence-corrected chi connectivity index (χ2v) is 4.97. The van der Waals surface area contributed by atoms with Gasteiger partial charge in [-0.25, -0.2) is 4.39 Å². The molecule has 0 aliphatic heterocycles. The number of nitriles is 1. The monoisotopic (exact) mass is 284 g/mol. The molecule has 3 nitrogen and oxygen atoms in total. The van der Waals surface area contributed by atoms with Crippen molar-refractivity contribution < 1.29 is 9.13 Å². The molecule has 0 aromatic heterocycles. The number of anilines is 1. The van der Waals surface area contributed by atoms with E-state index in [1.54, 1.807) is 12.1 Å². The van der Waals surface area contributed by atoms with Crippen LogP contribution in [0.2, 0.25) is 0 Å². The number of halogens is 1. The van der Waals surface area contributed by atoms with E-state index in [0.29, 0.717) is 17.8 Å². The van der Waals surface area contributed by atoms with Crippen molar-refractivity contribution in [1.29, 1.82) is 5.26 Å². The quantitative estimate of drug-likeness (QED) is 0.899. The summed E-state index contributed by atoms with van der Waals surface area (Å²) < 4.78 is 19.3. The van der Waals surface area contributed by atoms with Crippen molar-refractivity contribution in [2.45, 2.75) is 26.5 Å². The van der Waals surface area contributed by atoms with Crippen molar-refractivity contribution in [3.8, 4) is 11.8 Å². The van der Waals surface area contributed by atoms with E-state index in [-0.39, 0.29) is 6.10 Å². The molecule has 0 spiro atoms. The van der Waals surface area contributed by atoms with Gasteiger partial charge >= 0.3 is 0 Å². The van der Waals surface area contributed by atoms with Gasteiger partial charge in [0, 0.05) is 6.54 Å². The Balaban J connectivity index is 1.98. The van der Waals surface area contributed by atoms with Crippen LogP contribution in [0.15, 0.2) is 42.5 Å². The predicted octanol–water partition coefficient (Wildman–Crippen LogP) is 4.10. The maximum absolute atomic E-state index is 13.7. The molecule has 0 aliphatic rings. The molecule has 0 saturated carbocycles. The third-order valence-corrected chi connectivity index (χ3v) is 2.88. The molecule has 2 aromatic carbocycles. The van der Waals surface area contributed by atoms with Gasteiger partial charge in [0.15, 0.2) is 0 Å². The van der Waals surface area contributed by atoms with E-state index in [9.17, 15) is 4.39 Å². The van der Waals surface area contributed by atoms with Gasteiger partial charge < -0.3 is 10.1 Å². The van der Waals surface area contributed by atoms with E-state index < -0.39 is 5.82 Å². The Hall–Kier alpha value is -2.54. The van der Waals surface area contributed by atoms with E-state index in [1.807, 2.05) is 44.2 Å². The summed E-state index contributed by atoms with van der Waals surface area (Å²) in [6.07, 6.45) is 0.140. The molecule has 21 heavy (non-hydrogen) atoms. The van der Waals surface area contributed by atoms with Crippen LogP contribution in [0.3, 0.4) is 0 Å². The highest BCUT2D eigenvalue weighted by atomic mass is 19.1. The minimum absolute atomic E-state index is 0.140. The molecule has 108 valence electrons. The minimum Gasteiger partial charge on any atom is -0.491 e. The number of rotatable bonds is 5. The SMILES string of the molecule is CC(C)Oc1ccc(CNc2ccc(C#N)cc2F)cc1. The molecule has 1 N–H and O–H groups in total. The molecule has 2 aromatic rings. The number of hydrogen-bond acceptors (Lipinski definition) is 3. The Labute approximate surface area is 124 Å². The zero-order chi connectivity index (χ0) is 15.2. The topological polar surface area (TPSA) is 45.0 Å². The van der Waals surface area contributed by atoms with Gasteiger partial charge in [-0.2, -0.15) is 5.26 Å². The number of hydrogen-bond donors (Lipinski definition) is 1. The highest BCUT2D eigenvalue weighted by Crippen LogP contribution is 2.18. The second kappa shape index (κ2) is 6.76. The molecule has 0 amide bonds. The Morgan fingerprint density at radius 2 is 1.90 bits per heavy atom. The zero-order valence-corrected chi connectivity index (χ0v) is 12.1. The average Bonchev–Trinajstić information content (AvgIpc) is 2.47. The molecule has 0 saturated heterocycles. The van der Waals surface area contributed by atoms with Crippen molar-refractivity contribution in [3.63, 3.8) is 0 Å². The van der Waals surface area contributed by atoms with Gasteiger partial charge in [-0.05, 0) is 49.7 Å². The molecule has 0 radical (unpaired) electrons. The van der Waals surface area contributed by atoms with Crippen molar-refractivity contribution >= 4 is 5.69 Å². The van der Waals surface area contributed by atoms with Gasteiger partial charge in [0.1, 0.15) is 11.6 Å². The van der Waals surface area contributed by atoms with Crippen LogP contribution in [0.5, 0.6) is 5.75 Å². The summed E-state index contributed by atoms with van der Waals surface area (Å²) in [5, 5.41) is 11.7. The van der Waals surface area contributed by atoms with Gasteiger partial charge in [-0.3, -0.25) is 0 Å². The second-order valence-electron chi connectivity index (χ2n) is 4.97. The molecule has 2 rings (SSSR count). The van der Waals surface area contributed by atoms with E-state index in [1.165, 1.54) is 6.07 Å². The first-order valence-electron chi connectivity index (χ1n) is 6.77. The fraction of sp³-hybridized carbons (Fsp3) is 0.235. The van der Waals surface area contributed by atoms with Crippen LogP contribution >= 0.6 is 0 Å². The summed E-state index contributed by atoms with van der Waals surface area (Å²) >= 11 is 0. The first-order chi connectivity index (χ1) is 10.1. The van der Waals surface area contributed by atoms with Crippen LogP contribution in [0.25, 0.3) is 0 Å². The first-order valence-corrected chi connectivity index (χ1v) is 6.77. The van der Waals surface area contributed by atoms with Gasteiger partial charge in [-0.1, -0.05) is 12.1 Å². The molecule has 0 unspecified atom stereocenters. The summed E-state index contributed by atoms with van der Waals surface area (Å²) in [4.78, 5) is 0. The van der Waals surface area contributed by atoms with Crippen LogP contribution < -0.4 is 10.1 Å². The zero-order valence-electron chi connectivity index (χ0n) is 12.1. The highest BCUT2D eigenvalue weighted by molar-refractivity contribution is 5.49. The van der Waals surface area contributed by atoms with Gasteiger partial charge in [-0.15, -0.1) is 0 Å². The van der Waals surface area contributed by atoms with E-state index in [2.05, 4.69) is 5.32 Å². The number of benzene rings is 2. The lowest BCUT2D eigenvalue weighted by molar-refractivity contribution is 0.242. The standard InChI is InChI=1S/C17H17FN2O/c1-12(2)21-15-6-3-13(4-7-15)11-20-17-8-5-14(10-19)9-16(17)18/h3-9,12,20H,11H2,1-2H3. The Morgan fingerprint density at radius 1 is 1.19 bits per heavy atom. The van der Waals surface area contributed by atoms with Crippen LogP contribution in [0, 0.1) is 17.1 Å². The first kappa shape index (κ1) is 14.9. The maximum atomic E-state index is 13.7. The smallest absolute Gasteiger partial charge is 0.147 e. The van der Waals surface area contributed by atoms with Crippen molar-refractivity contribution in [2.75, 3.05) is 5.32 Å². The van der Waals surface area contributed by atoms with Crippen LogP contribution in [-0.4, -0.2) is 6.10 Å². The third kappa shape index (κ3) is 4.22. The molecular formula is C17H17FN2O. The Kier molecular flexibility index (Phi) is 4.78. The van der Waals surface area contributed by atoms with Gasteiger partial charge in [0.25, 0.3) is 0 Å². The fourth-order valence-corrected chi connectivity index (χ4v) is 1.88. The van der Waals surface area contributed by atoms with Crippen molar-refractivity contribution in [3.05, 3.63) is 59.4 Å². The Bertz CT molecular complexity index is 645. The van der Waals surface area contributed by atoms with Crippen LogP contribution in [0.1, 0.15) is 25.0 Å². The summed E-state index contributed by atoms with van der Waals surface area (Å²) in [6, 6.07) is 14.0. The molecule has 4 heteroatoms. The number of nitrogens with zero attached hydrogens (tertiary/aromatic N) is 1. The van der Waals surface area contributed by atoms with Gasteiger partial charge in [0.2, 0.25) is 0 Å². The molecule has 0 fully saturated rings. The normalized spacial score (nSPS) is 10.2. The molecular weight excluding hydrogens is 267 g/mol. The third-order valence-electron chi connectivity index (χ3n) is 2.88. The predicted molar refractivity (Wildman–Crippen MR) is 80.6 cm³/mol. The lowest BCUT2D eigenvalue weighted by atomic mass is 10.2. The summed E-state index contributed by atoms with van der Waals surface area (Å²) in [5.74, 6) is 0.395. The summed E-state index contributed by atoms with van der Waals surface area (Å²) in [6.45, 7) is 4.46.